The van der Waals surface area contributed by atoms with Gasteiger partial charge in [0.25, 0.3) is 0 Å². The quantitative estimate of drug-likeness (QED) is 0.795. The van der Waals surface area contributed by atoms with Crippen molar-refractivity contribution in [3.63, 3.8) is 0 Å². The summed E-state index contributed by atoms with van der Waals surface area (Å²) in [5.41, 5.74) is 1.65. The fraction of sp³-hybridized carbons (Fsp3) is 0.412. The monoisotopic (exact) mass is 383 g/mol. The first-order valence-corrected chi connectivity index (χ1v) is 9.25. The molecule has 1 aromatic heterocycles. The maximum Gasteiger partial charge on any atom is 0.248 e. The third-order valence-electron chi connectivity index (χ3n) is 4.02. The van der Waals surface area contributed by atoms with Gasteiger partial charge in [0, 0.05) is 31.6 Å². The fourth-order valence-electron chi connectivity index (χ4n) is 2.74. The van der Waals surface area contributed by atoms with Crippen LogP contribution in [0.2, 0.25) is 5.02 Å². The van der Waals surface area contributed by atoms with Crippen LogP contribution in [-0.4, -0.2) is 48.6 Å². The number of benzene rings is 1. The number of piperazine rings is 1. The topological polar surface area (TPSA) is 45.7 Å². The number of hydrogen-bond acceptors (Lipinski definition) is 5. The molecule has 0 N–H and O–H groups in total. The Hall–Kier alpha value is -1.70. The summed E-state index contributed by atoms with van der Waals surface area (Å²) in [6.45, 7) is 4.82. The highest BCUT2D eigenvalue weighted by Crippen LogP contribution is 2.27. The minimum atomic E-state index is -0.352. The van der Waals surface area contributed by atoms with E-state index in [1.165, 1.54) is 12.1 Å². The predicted molar refractivity (Wildman–Crippen MR) is 96.7 cm³/mol. The van der Waals surface area contributed by atoms with Crippen molar-refractivity contribution in [3.05, 3.63) is 45.1 Å². The second-order valence-corrected chi connectivity index (χ2v) is 7.28. The number of thiazole rings is 1. The smallest absolute Gasteiger partial charge is 0.248 e. The first-order chi connectivity index (χ1) is 12.0. The molecule has 1 aromatic carbocycles. The first-order valence-electron chi connectivity index (χ1n) is 7.99. The molecule has 25 heavy (non-hydrogen) atoms. The summed E-state index contributed by atoms with van der Waals surface area (Å²) < 4.78 is 18.6. The van der Waals surface area contributed by atoms with Crippen LogP contribution in [0, 0.1) is 12.7 Å². The number of amides is 1. The van der Waals surface area contributed by atoms with Gasteiger partial charge in [-0.05, 0) is 25.1 Å². The minimum absolute atomic E-state index is 0.0307. The first kappa shape index (κ1) is 18.1. The summed E-state index contributed by atoms with van der Waals surface area (Å²) in [6.07, 6.45) is 0. The largest absolute Gasteiger partial charge is 0.367 e. The molecule has 0 aliphatic carbocycles. The van der Waals surface area contributed by atoms with Crippen LogP contribution >= 0.6 is 22.9 Å². The van der Waals surface area contributed by atoms with Crippen molar-refractivity contribution in [2.24, 2.45) is 0 Å². The molecule has 1 aliphatic heterocycles. The van der Waals surface area contributed by atoms with Gasteiger partial charge in [-0.3, -0.25) is 4.79 Å². The molecule has 2 heterocycles. The predicted octanol–water partition coefficient (Wildman–Crippen LogP) is 3.11. The Balaban J connectivity index is 1.45. The van der Waals surface area contributed by atoms with Crippen molar-refractivity contribution in [2.75, 3.05) is 37.7 Å². The Kier molecular flexibility index (Phi) is 5.88. The number of anilines is 1. The maximum atomic E-state index is 13.2. The van der Waals surface area contributed by atoms with Crippen molar-refractivity contribution in [2.45, 2.75) is 13.5 Å². The van der Waals surface area contributed by atoms with Gasteiger partial charge in [0.1, 0.15) is 12.4 Å². The minimum Gasteiger partial charge on any atom is -0.367 e. The highest BCUT2D eigenvalue weighted by molar-refractivity contribution is 7.09. The summed E-state index contributed by atoms with van der Waals surface area (Å²) >= 11 is 7.67. The average Bonchev–Trinajstić information content (AvgIpc) is 3.00. The van der Waals surface area contributed by atoms with Crippen molar-refractivity contribution in [3.8, 4) is 0 Å². The lowest BCUT2D eigenvalue weighted by Crippen LogP contribution is -2.49. The zero-order valence-electron chi connectivity index (χ0n) is 13.9. The van der Waals surface area contributed by atoms with Gasteiger partial charge in [-0.25, -0.2) is 9.37 Å². The lowest BCUT2D eigenvalue weighted by molar-refractivity contribution is -0.136. The average molecular weight is 384 g/mol. The van der Waals surface area contributed by atoms with Crippen LogP contribution in [0.3, 0.4) is 0 Å². The van der Waals surface area contributed by atoms with Crippen molar-refractivity contribution >= 4 is 34.5 Å². The summed E-state index contributed by atoms with van der Waals surface area (Å²) in [5.74, 6) is -0.383. The van der Waals surface area contributed by atoms with E-state index in [-0.39, 0.29) is 18.3 Å². The number of ether oxygens (including phenoxy) is 1. The molecular formula is C17H19ClFN3O2S. The maximum absolute atomic E-state index is 13.2. The van der Waals surface area contributed by atoms with E-state index in [1.807, 2.05) is 12.3 Å². The fourth-order valence-corrected chi connectivity index (χ4v) is 3.63. The van der Waals surface area contributed by atoms with E-state index in [9.17, 15) is 9.18 Å². The number of carbonyl (C=O) groups is 1. The molecule has 0 bridgehead atoms. The molecule has 1 aliphatic rings. The van der Waals surface area contributed by atoms with E-state index in [2.05, 4.69) is 9.88 Å². The molecule has 8 heteroatoms. The van der Waals surface area contributed by atoms with Crippen LogP contribution in [0.25, 0.3) is 0 Å². The highest BCUT2D eigenvalue weighted by Gasteiger charge is 2.22. The zero-order valence-corrected chi connectivity index (χ0v) is 15.4. The lowest BCUT2D eigenvalue weighted by atomic mass is 10.2. The van der Waals surface area contributed by atoms with Crippen LogP contribution in [0.4, 0.5) is 10.1 Å². The summed E-state index contributed by atoms with van der Waals surface area (Å²) in [4.78, 5) is 20.4. The summed E-state index contributed by atoms with van der Waals surface area (Å²) in [5, 5.41) is 3.31. The molecule has 3 rings (SSSR count). The van der Waals surface area contributed by atoms with E-state index in [0.29, 0.717) is 37.8 Å². The van der Waals surface area contributed by atoms with Gasteiger partial charge in [0.2, 0.25) is 5.91 Å². The van der Waals surface area contributed by atoms with E-state index in [4.69, 9.17) is 16.3 Å². The van der Waals surface area contributed by atoms with Crippen LogP contribution < -0.4 is 4.90 Å². The van der Waals surface area contributed by atoms with Gasteiger partial charge in [-0.15, -0.1) is 11.3 Å². The molecule has 0 saturated carbocycles. The molecule has 0 atom stereocenters. The third-order valence-corrected chi connectivity index (χ3v) is 5.15. The third kappa shape index (κ3) is 4.68. The van der Waals surface area contributed by atoms with Crippen molar-refractivity contribution < 1.29 is 13.9 Å². The molecule has 1 fully saturated rings. The Labute approximate surface area is 155 Å². The van der Waals surface area contributed by atoms with E-state index < -0.39 is 0 Å². The van der Waals surface area contributed by atoms with Gasteiger partial charge in [0.05, 0.1) is 28.0 Å². The SMILES string of the molecule is Cc1nc(COCC(=O)N2CCN(c3ccc(F)cc3Cl)CC2)cs1. The van der Waals surface area contributed by atoms with Gasteiger partial charge in [0.15, 0.2) is 0 Å². The molecule has 0 spiro atoms. The number of carbonyl (C=O) groups excluding carboxylic acids is 1. The molecule has 5 nitrogen and oxygen atoms in total. The molecule has 1 saturated heterocycles. The summed E-state index contributed by atoms with van der Waals surface area (Å²) in [6, 6.07) is 4.38. The number of nitrogens with zero attached hydrogens (tertiary/aromatic N) is 3. The summed E-state index contributed by atoms with van der Waals surface area (Å²) in [7, 11) is 0. The van der Waals surface area contributed by atoms with E-state index in [0.717, 1.165) is 16.4 Å². The lowest BCUT2D eigenvalue weighted by Gasteiger charge is -2.36. The number of aryl methyl sites for hydroxylation is 1. The van der Waals surface area contributed by atoms with Crippen molar-refractivity contribution in [1.29, 1.82) is 0 Å². The second-order valence-electron chi connectivity index (χ2n) is 5.81. The molecule has 0 radical (unpaired) electrons. The van der Waals surface area contributed by atoms with E-state index in [1.54, 1.807) is 22.3 Å². The van der Waals surface area contributed by atoms with Crippen LogP contribution in [0.1, 0.15) is 10.7 Å². The molecule has 1 amide bonds. The van der Waals surface area contributed by atoms with Gasteiger partial charge >= 0.3 is 0 Å². The van der Waals surface area contributed by atoms with Crippen LogP contribution in [0.5, 0.6) is 0 Å². The Morgan fingerprint density at radius 1 is 1.36 bits per heavy atom. The Bertz CT molecular complexity index is 747. The number of halogens is 2. The van der Waals surface area contributed by atoms with Crippen LogP contribution in [-0.2, 0) is 16.1 Å². The Morgan fingerprint density at radius 3 is 2.76 bits per heavy atom. The zero-order chi connectivity index (χ0) is 17.8. The number of hydrogen-bond donors (Lipinski definition) is 0. The normalized spacial score (nSPS) is 14.8. The van der Waals surface area contributed by atoms with E-state index >= 15 is 0 Å². The standard InChI is InChI=1S/C17H19ClFN3O2S/c1-12-20-14(11-25-12)9-24-10-17(23)22-6-4-21(5-7-22)16-3-2-13(19)8-15(16)18/h2-3,8,11H,4-7,9-10H2,1H3. The highest BCUT2D eigenvalue weighted by atomic mass is 35.5. The molecule has 2 aromatic rings. The number of aromatic nitrogens is 1. The molecular weight excluding hydrogens is 365 g/mol. The molecule has 0 unspecified atom stereocenters. The van der Waals surface area contributed by atoms with Gasteiger partial charge in [-0.2, -0.15) is 0 Å². The van der Waals surface area contributed by atoms with Gasteiger partial charge < -0.3 is 14.5 Å². The van der Waals surface area contributed by atoms with Gasteiger partial charge in [-0.1, -0.05) is 11.6 Å². The molecule has 134 valence electrons. The van der Waals surface area contributed by atoms with Crippen molar-refractivity contribution in [1.82, 2.24) is 9.88 Å². The number of rotatable bonds is 5. The van der Waals surface area contributed by atoms with Crippen LogP contribution in [0.15, 0.2) is 23.6 Å². The Morgan fingerprint density at radius 2 is 2.12 bits per heavy atom. The second kappa shape index (κ2) is 8.12.